The largest absolute Gasteiger partial charge is 0.493 e. The van der Waals surface area contributed by atoms with E-state index in [0.29, 0.717) is 17.6 Å². The average Bonchev–Trinajstić information content (AvgIpc) is 3.03. The number of piperidine rings is 1. The van der Waals surface area contributed by atoms with Crippen LogP contribution >= 0.6 is 0 Å². The van der Waals surface area contributed by atoms with Gasteiger partial charge in [0.25, 0.3) is 0 Å². The van der Waals surface area contributed by atoms with E-state index in [1.54, 1.807) is 14.2 Å². The smallest absolute Gasteiger partial charge is 0.161 e. The van der Waals surface area contributed by atoms with Crippen LogP contribution in [0, 0.1) is 11.8 Å². The van der Waals surface area contributed by atoms with E-state index in [0.717, 1.165) is 43.8 Å². The Kier molecular flexibility index (Phi) is 5.88. The molecular formula is C24H31NO3. The molecule has 1 fully saturated rings. The van der Waals surface area contributed by atoms with Crippen LogP contribution in [0.3, 0.4) is 0 Å². The van der Waals surface area contributed by atoms with Gasteiger partial charge in [-0.05, 0) is 79.4 Å². The average molecular weight is 382 g/mol. The van der Waals surface area contributed by atoms with Gasteiger partial charge in [0.05, 0.1) is 20.3 Å². The Morgan fingerprint density at radius 2 is 1.68 bits per heavy atom. The molecule has 2 aliphatic rings. The second-order valence-electron chi connectivity index (χ2n) is 8.26. The second kappa shape index (κ2) is 8.54. The fraction of sp³-hybridized carbons (Fsp3) is 0.500. The zero-order valence-corrected chi connectivity index (χ0v) is 16.9. The number of aliphatic hydroxyl groups is 1. The van der Waals surface area contributed by atoms with Crippen LogP contribution in [-0.4, -0.2) is 37.3 Å². The summed E-state index contributed by atoms with van der Waals surface area (Å²) in [6.45, 7) is 3.35. The lowest BCUT2D eigenvalue weighted by Crippen LogP contribution is -2.34. The second-order valence-corrected chi connectivity index (χ2v) is 8.26. The van der Waals surface area contributed by atoms with Crippen molar-refractivity contribution < 1.29 is 14.6 Å². The van der Waals surface area contributed by atoms with E-state index in [4.69, 9.17) is 9.47 Å². The van der Waals surface area contributed by atoms with Crippen molar-refractivity contribution in [1.82, 2.24) is 4.90 Å². The van der Waals surface area contributed by atoms with Crippen molar-refractivity contribution in [3.8, 4) is 11.5 Å². The van der Waals surface area contributed by atoms with Crippen molar-refractivity contribution in [2.75, 3.05) is 27.3 Å². The topological polar surface area (TPSA) is 41.9 Å². The van der Waals surface area contributed by atoms with E-state index in [1.165, 1.54) is 24.0 Å². The van der Waals surface area contributed by atoms with Crippen molar-refractivity contribution in [1.29, 1.82) is 0 Å². The van der Waals surface area contributed by atoms with Gasteiger partial charge in [-0.2, -0.15) is 0 Å². The monoisotopic (exact) mass is 381 g/mol. The number of benzene rings is 2. The van der Waals surface area contributed by atoms with Crippen LogP contribution in [0.4, 0.5) is 0 Å². The van der Waals surface area contributed by atoms with Crippen LogP contribution in [0.5, 0.6) is 11.5 Å². The van der Waals surface area contributed by atoms with Gasteiger partial charge in [-0.1, -0.05) is 30.3 Å². The van der Waals surface area contributed by atoms with Gasteiger partial charge in [-0.3, -0.25) is 4.90 Å². The number of aliphatic hydroxyl groups excluding tert-OH is 1. The minimum atomic E-state index is -0.392. The predicted molar refractivity (Wildman–Crippen MR) is 111 cm³/mol. The van der Waals surface area contributed by atoms with Gasteiger partial charge < -0.3 is 14.6 Å². The van der Waals surface area contributed by atoms with Gasteiger partial charge in [0.2, 0.25) is 0 Å². The molecule has 2 aromatic carbocycles. The number of hydrogen-bond donors (Lipinski definition) is 1. The molecule has 0 radical (unpaired) electrons. The molecule has 1 heterocycles. The summed E-state index contributed by atoms with van der Waals surface area (Å²) < 4.78 is 10.8. The number of nitrogens with zero attached hydrogens (tertiary/aromatic N) is 1. The number of ether oxygens (including phenoxy) is 2. The predicted octanol–water partition coefficient (Wildman–Crippen LogP) is 4.21. The summed E-state index contributed by atoms with van der Waals surface area (Å²) in [7, 11) is 3.31. The maximum absolute atomic E-state index is 10.9. The number of rotatable bonds is 6. The summed E-state index contributed by atoms with van der Waals surface area (Å²) >= 11 is 0. The molecule has 0 spiro atoms. The highest BCUT2D eigenvalue weighted by Crippen LogP contribution is 2.45. The molecule has 1 aliphatic carbocycles. The molecule has 2 aromatic rings. The van der Waals surface area contributed by atoms with E-state index in [9.17, 15) is 5.11 Å². The van der Waals surface area contributed by atoms with Crippen LogP contribution in [0.25, 0.3) is 0 Å². The molecule has 4 rings (SSSR count). The third-order valence-corrected chi connectivity index (χ3v) is 6.48. The van der Waals surface area contributed by atoms with Gasteiger partial charge in [0.1, 0.15) is 0 Å². The summed E-state index contributed by atoms with van der Waals surface area (Å²) in [5, 5.41) is 10.9. The minimum absolute atomic E-state index is 0.303. The molecule has 28 heavy (non-hydrogen) atoms. The first kappa shape index (κ1) is 19.3. The highest BCUT2D eigenvalue weighted by atomic mass is 16.5. The van der Waals surface area contributed by atoms with Gasteiger partial charge in [-0.25, -0.2) is 0 Å². The Labute approximate surface area is 168 Å². The molecule has 0 saturated carbocycles. The SMILES string of the molecule is COc1cc2c(cc1OC)[C@@H](O)C(CC1CCN(Cc3ccccc3)CC1)C2. The third kappa shape index (κ3) is 4.03. The Morgan fingerprint density at radius 1 is 1.00 bits per heavy atom. The molecule has 150 valence electrons. The van der Waals surface area contributed by atoms with E-state index in [2.05, 4.69) is 35.2 Å². The van der Waals surface area contributed by atoms with Crippen LogP contribution in [-0.2, 0) is 13.0 Å². The normalized spacial score (nSPS) is 22.8. The molecule has 1 aliphatic heterocycles. The van der Waals surface area contributed by atoms with Gasteiger partial charge in [0.15, 0.2) is 11.5 Å². The van der Waals surface area contributed by atoms with Crippen molar-refractivity contribution >= 4 is 0 Å². The molecule has 0 aromatic heterocycles. The third-order valence-electron chi connectivity index (χ3n) is 6.48. The molecular weight excluding hydrogens is 350 g/mol. The molecule has 4 heteroatoms. The molecule has 0 amide bonds. The van der Waals surface area contributed by atoms with Crippen LogP contribution in [0.1, 0.15) is 42.1 Å². The van der Waals surface area contributed by atoms with E-state index in [-0.39, 0.29) is 0 Å². The van der Waals surface area contributed by atoms with Crippen molar-refractivity contribution in [3.05, 3.63) is 59.2 Å². The zero-order chi connectivity index (χ0) is 19.5. The number of methoxy groups -OCH3 is 2. The standard InChI is InChI=1S/C24H31NO3/c1-27-22-14-19-13-20(24(26)21(19)15-23(22)28-2)12-17-8-10-25(11-9-17)16-18-6-4-3-5-7-18/h3-7,14-15,17,20,24,26H,8-13,16H2,1-2H3/t20?,24-/m0/s1. The summed E-state index contributed by atoms with van der Waals surface area (Å²) in [6.07, 6.45) is 4.08. The first-order valence-corrected chi connectivity index (χ1v) is 10.4. The maximum Gasteiger partial charge on any atom is 0.161 e. The summed E-state index contributed by atoms with van der Waals surface area (Å²) in [6, 6.07) is 14.7. The Balaban J connectivity index is 1.33. The molecule has 0 bridgehead atoms. The fourth-order valence-electron chi connectivity index (χ4n) is 4.90. The van der Waals surface area contributed by atoms with Crippen molar-refractivity contribution in [2.24, 2.45) is 11.8 Å². The lowest BCUT2D eigenvalue weighted by atomic mass is 9.85. The molecule has 2 atom stereocenters. The summed E-state index contributed by atoms with van der Waals surface area (Å²) in [5.41, 5.74) is 3.62. The number of likely N-dealkylation sites (tertiary alicyclic amines) is 1. The maximum atomic E-state index is 10.9. The Hall–Kier alpha value is -2.04. The van der Waals surface area contributed by atoms with E-state index < -0.39 is 6.10 Å². The fourth-order valence-corrected chi connectivity index (χ4v) is 4.90. The quantitative estimate of drug-likeness (QED) is 0.814. The molecule has 1 N–H and O–H groups in total. The van der Waals surface area contributed by atoms with Gasteiger partial charge in [-0.15, -0.1) is 0 Å². The van der Waals surface area contributed by atoms with Crippen LogP contribution in [0.2, 0.25) is 0 Å². The molecule has 4 nitrogen and oxygen atoms in total. The van der Waals surface area contributed by atoms with E-state index in [1.807, 2.05) is 12.1 Å². The van der Waals surface area contributed by atoms with Crippen molar-refractivity contribution in [3.63, 3.8) is 0 Å². The first-order chi connectivity index (χ1) is 13.7. The van der Waals surface area contributed by atoms with Crippen molar-refractivity contribution in [2.45, 2.75) is 38.3 Å². The summed E-state index contributed by atoms with van der Waals surface area (Å²) in [4.78, 5) is 2.56. The van der Waals surface area contributed by atoms with Gasteiger partial charge in [0, 0.05) is 6.54 Å². The zero-order valence-electron chi connectivity index (χ0n) is 16.9. The molecule has 1 saturated heterocycles. The number of fused-ring (bicyclic) bond motifs is 1. The van der Waals surface area contributed by atoms with Crippen LogP contribution < -0.4 is 9.47 Å². The number of hydrogen-bond acceptors (Lipinski definition) is 4. The lowest BCUT2D eigenvalue weighted by molar-refractivity contribution is 0.0894. The highest BCUT2D eigenvalue weighted by Gasteiger charge is 2.34. The molecule has 1 unspecified atom stereocenters. The summed E-state index contributed by atoms with van der Waals surface area (Å²) in [5.74, 6) is 2.46. The Bertz CT molecular complexity index is 784. The lowest BCUT2D eigenvalue weighted by Gasteiger charge is -2.33. The first-order valence-electron chi connectivity index (χ1n) is 10.4. The van der Waals surface area contributed by atoms with Gasteiger partial charge >= 0.3 is 0 Å². The highest BCUT2D eigenvalue weighted by molar-refractivity contribution is 5.50. The Morgan fingerprint density at radius 3 is 2.36 bits per heavy atom. The van der Waals surface area contributed by atoms with Crippen LogP contribution in [0.15, 0.2) is 42.5 Å². The van der Waals surface area contributed by atoms with E-state index >= 15 is 0 Å². The minimum Gasteiger partial charge on any atom is -0.493 e.